The molecule has 1 aliphatic rings. The van der Waals surface area contributed by atoms with Crippen LogP contribution in [0.15, 0.2) is 12.1 Å². The van der Waals surface area contributed by atoms with E-state index < -0.39 is 6.04 Å². The molecule has 32 heavy (non-hydrogen) atoms. The van der Waals surface area contributed by atoms with Crippen LogP contribution in [0.4, 0.5) is 4.39 Å². The number of piperazine rings is 1. The molecule has 0 bridgehead atoms. The number of aryl methyl sites for hydroxylation is 1. The molecular weight excluding hydrogens is 405 g/mol. The van der Waals surface area contributed by atoms with Crippen LogP contribution >= 0.6 is 0 Å². The fourth-order valence-electron chi connectivity index (χ4n) is 5.46. The molecule has 1 aromatic heterocycles. The van der Waals surface area contributed by atoms with Crippen molar-refractivity contribution in [1.82, 2.24) is 19.2 Å². The lowest BCUT2D eigenvalue weighted by atomic mass is 9.96. The number of nitrogens with zero attached hydrogens (tertiary/aromatic N) is 4. The second kappa shape index (κ2) is 10.8. The number of nitrogens with two attached hydrogens (primary N) is 1. The SMILES string of the molecule is CCCC(CCC)CN1CCN(Cc2cc3c(cc2F)n(C(CC)C(N)=O)n3C)CC1C. The van der Waals surface area contributed by atoms with Gasteiger partial charge in [0.1, 0.15) is 11.9 Å². The largest absolute Gasteiger partial charge is 0.368 e. The molecule has 1 fully saturated rings. The summed E-state index contributed by atoms with van der Waals surface area (Å²) in [6.45, 7) is 13.5. The lowest BCUT2D eigenvalue weighted by molar-refractivity contribution is -0.121. The molecule has 3 rings (SSSR count). The molecule has 0 radical (unpaired) electrons. The quantitative estimate of drug-likeness (QED) is 0.559. The summed E-state index contributed by atoms with van der Waals surface area (Å²) in [5, 5.41) is 0. The van der Waals surface area contributed by atoms with E-state index in [1.54, 1.807) is 10.7 Å². The number of halogens is 1. The summed E-state index contributed by atoms with van der Waals surface area (Å²) in [6, 6.07) is 3.53. The summed E-state index contributed by atoms with van der Waals surface area (Å²) in [6.07, 6.45) is 5.70. The Morgan fingerprint density at radius 1 is 1.16 bits per heavy atom. The van der Waals surface area contributed by atoms with Gasteiger partial charge in [0.05, 0.1) is 11.0 Å². The van der Waals surface area contributed by atoms with Gasteiger partial charge >= 0.3 is 0 Å². The Bertz CT molecular complexity index is 898. The molecule has 2 unspecified atom stereocenters. The van der Waals surface area contributed by atoms with Crippen molar-refractivity contribution in [3.63, 3.8) is 0 Å². The highest BCUT2D eigenvalue weighted by Crippen LogP contribution is 2.28. The van der Waals surface area contributed by atoms with Crippen LogP contribution in [0.25, 0.3) is 11.0 Å². The smallest absolute Gasteiger partial charge is 0.242 e. The molecule has 180 valence electrons. The summed E-state index contributed by atoms with van der Waals surface area (Å²) < 4.78 is 18.7. The van der Waals surface area contributed by atoms with Gasteiger partial charge < -0.3 is 5.73 Å². The Labute approximate surface area is 192 Å². The molecular formula is C25H42FN5O. The average Bonchev–Trinajstić information content (AvgIpc) is 2.75. The summed E-state index contributed by atoms with van der Waals surface area (Å²) in [7, 11) is 1.90. The normalized spacial score (nSPS) is 19.3. The Morgan fingerprint density at radius 2 is 1.84 bits per heavy atom. The Balaban J connectivity index is 1.67. The molecule has 1 aliphatic heterocycles. The van der Waals surface area contributed by atoms with Crippen molar-refractivity contribution in [3.05, 3.63) is 23.5 Å². The first-order chi connectivity index (χ1) is 15.3. The fourth-order valence-corrected chi connectivity index (χ4v) is 5.46. The molecule has 6 nitrogen and oxygen atoms in total. The minimum atomic E-state index is -0.448. The van der Waals surface area contributed by atoms with E-state index in [0.717, 1.165) is 42.1 Å². The van der Waals surface area contributed by atoms with E-state index >= 15 is 4.39 Å². The van der Waals surface area contributed by atoms with Gasteiger partial charge in [0.2, 0.25) is 5.91 Å². The number of benzene rings is 1. The molecule has 7 heteroatoms. The molecule has 1 aromatic carbocycles. The van der Waals surface area contributed by atoms with Crippen LogP contribution in [0, 0.1) is 11.7 Å². The predicted octanol–water partition coefficient (Wildman–Crippen LogP) is 4.28. The van der Waals surface area contributed by atoms with E-state index in [4.69, 9.17) is 5.73 Å². The maximum Gasteiger partial charge on any atom is 0.242 e. The molecule has 2 atom stereocenters. The minimum absolute atomic E-state index is 0.206. The maximum absolute atomic E-state index is 15.0. The number of fused-ring (bicyclic) bond motifs is 1. The van der Waals surface area contributed by atoms with Gasteiger partial charge in [0.15, 0.2) is 0 Å². The number of rotatable bonds is 11. The van der Waals surface area contributed by atoms with Gasteiger partial charge in [-0.2, -0.15) is 0 Å². The van der Waals surface area contributed by atoms with Gasteiger partial charge in [-0.1, -0.05) is 33.6 Å². The molecule has 0 aliphatic carbocycles. The van der Waals surface area contributed by atoms with Crippen LogP contribution in [0.5, 0.6) is 0 Å². The van der Waals surface area contributed by atoms with E-state index in [9.17, 15) is 4.79 Å². The first kappa shape index (κ1) is 24.8. The Morgan fingerprint density at radius 3 is 2.41 bits per heavy atom. The molecule has 2 aromatic rings. The Kier molecular flexibility index (Phi) is 8.39. The molecule has 0 saturated carbocycles. The van der Waals surface area contributed by atoms with Crippen molar-refractivity contribution < 1.29 is 9.18 Å². The Hall–Kier alpha value is -1.86. The van der Waals surface area contributed by atoms with Crippen molar-refractivity contribution >= 4 is 16.9 Å². The van der Waals surface area contributed by atoms with Gasteiger partial charge in [-0.05, 0) is 38.2 Å². The average molecular weight is 448 g/mol. The standard InChI is InChI=1S/C25H42FN5O/c1-6-9-19(10-7-2)16-30-12-11-29(15-18(30)4)17-20-13-23-24(14-21(20)26)31(28(23)5)22(8-3)25(27)32/h13-14,18-19,22H,6-12,15-17H2,1-5H3,(H2,27,32). The number of aromatic nitrogens is 2. The first-order valence-corrected chi connectivity index (χ1v) is 12.4. The van der Waals surface area contributed by atoms with Crippen LogP contribution in [0.1, 0.15) is 71.4 Å². The lowest BCUT2D eigenvalue weighted by Gasteiger charge is -2.41. The van der Waals surface area contributed by atoms with Gasteiger partial charge in [-0.3, -0.25) is 24.0 Å². The number of amides is 1. The molecule has 2 heterocycles. The zero-order chi connectivity index (χ0) is 23.4. The van der Waals surface area contributed by atoms with Crippen LogP contribution < -0.4 is 5.73 Å². The van der Waals surface area contributed by atoms with Crippen LogP contribution in [0.3, 0.4) is 0 Å². The van der Waals surface area contributed by atoms with Crippen molar-refractivity contribution in [1.29, 1.82) is 0 Å². The van der Waals surface area contributed by atoms with Gasteiger partial charge in [0, 0.05) is 57.4 Å². The number of hydrogen-bond acceptors (Lipinski definition) is 3. The van der Waals surface area contributed by atoms with Gasteiger partial charge in [0.25, 0.3) is 0 Å². The zero-order valence-electron chi connectivity index (χ0n) is 20.6. The summed E-state index contributed by atoms with van der Waals surface area (Å²) in [4.78, 5) is 16.8. The maximum atomic E-state index is 15.0. The summed E-state index contributed by atoms with van der Waals surface area (Å²) in [5.74, 6) is 0.193. The van der Waals surface area contributed by atoms with Gasteiger partial charge in [-0.25, -0.2) is 4.39 Å². The summed E-state index contributed by atoms with van der Waals surface area (Å²) in [5.41, 5.74) is 7.96. The highest BCUT2D eigenvalue weighted by Gasteiger charge is 2.27. The number of hydrogen-bond donors (Lipinski definition) is 1. The highest BCUT2D eigenvalue weighted by molar-refractivity contribution is 5.84. The molecule has 1 amide bonds. The molecule has 2 N–H and O–H groups in total. The number of carbonyl (C=O) groups is 1. The number of primary amides is 1. The van der Waals surface area contributed by atoms with Crippen LogP contribution in [0.2, 0.25) is 0 Å². The third kappa shape index (κ3) is 5.20. The first-order valence-electron chi connectivity index (χ1n) is 12.4. The van der Waals surface area contributed by atoms with E-state index in [1.807, 2.05) is 24.7 Å². The van der Waals surface area contributed by atoms with Crippen LogP contribution in [-0.4, -0.2) is 57.3 Å². The van der Waals surface area contributed by atoms with Crippen molar-refractivity contribution in [2.45, 2.75) is 78.4 Å². The molecule has 1 saturated heterocycles. The third-order valence-corrected chi connectivity index (χ3v) is 7.20. The third-order valence-electron chi connectivity index (χ3n) is 7.20. The van der Waals surface area contributed by atoms with Crippen molar-refractivity contribution in [2.75, 3.05) is 26.2 Å². The zero-order valence-corrected chi connectivity index (χ0v) is 20.6. The van der Waals surface area contributed by atoms with Gasteiger partial charge in [-0.15, -0.1) is 0 Å². The highest BCUT2D eigenvalue weighted by atomic mass is 19.1. The van der Waals surface area contributed by atoms with Crippen molar-refractivity contribution in [2.24, 2.45) is 18.7 Å². The minimum Gasteiger partial charge on any atom is -0.368 e. The lowest BCUT2D eigenvalue weighted by Crippen LogP contribution is -2.52. The topological polar surface area (TPSA) is 59.4 Å². The van der Waals surface area contributed by atoms with Crippen LogP contribution in [-0.2, 0) is 18.4 Å². The van der Waals surface area contributed by atoms with E-state index in [2.05, 4.69) is 30.6 Å². The van der Waals surface area contributed by atoms with E-state index in [0.29, 0.717) is 19.0 Å². The monoisotopic (exact) mass is 447 g/mol. The van der Waals surface area contributed by atoms with E-state index in [-0.39, 0.29) is 11.7 Å². The number of carbonyl (C=O) groups excluding carboxylic acids is 1. The summed E-state index contributed by atoms with van der Waals surface area (Å²) >= 11 is 0. The predicted molar refractivity (Wildman–Crippen MR) is 129 cm³/mol. The second-order valence-electron chi connectivity index (χ2n) is 9.65. The fraction of sp³-hybridized carbons (Fsp3) is 0.720. The second-order valence-corrected chi connectivity index (χ2v) is 9.65. The van der Waals surface area contributed by atoms with E-state index in [1.165, 1.54) is 32.2 Å². The molecule has 0 spiro atoms. The van der Waals surface area contributed by atoms with Crippen molar-refractivity contribution in [3.8, 4) is 0 Å².